The molecular formula is C17H15ClN4O3. The second-order valence-electron chi connectivity index (χ2n) is 6.28. The van der Waals surface area contributed by atoms with Gasteiger partial charge in [-0.15, -0.1) is 0 Å². The molecule has 0 fully saturated rings. The predicted molar refractivity (Wildman–Crippen MR) is 92.8 cm³/mol. The lowest BCUT2D eigenvalue weighted by Crippen LogP contribution is -2.28. The van der Waals surface area contributed by atoms with E-state index in [2.05, 4.69) is 15.0 Å². The van der Waals surface area contributed by atoms with Crippen LogP contribution in [0.2, 0.25) is 5.15 Å². The first-order valence-corrected chi connectivity index (χ1v) is 7.88. The van der Waals surface area contributed by atoms with Crippen LogP contribution in [0.15, 0.2) is 30.3 Å². The average Bonchev–Trinajstić information content (AvgIpc) is 2.93. The number of ether oxygens (including phenoxy) is 1. The number of benzene rings is 1. The molecule has 2 heterocycles. The number of nitrogens with zero attached hydrogens (tertiary/aromatic N) is 4. The maximum absolute atomic E-state index is 12.5. The van der Waals surface area contributed by atoms with Gasteiger partial charge in [-0.05, 0) is 20.8 Å². The molecular weight excluding hydrogens is 344 g/mol. The molecule has 8 heteroatoms. The molecule has 0 bridgehead atoms. The number of imidazole rings is 1. The van der Waals surface area contributed by atoms with E-state index >= 15 is 0 Å². The molecule has 0 aliphatic rings. The van der Waals surface area contributed by atoms with Gasteiger partial charge in [0, 0.05) is 5.56 Å². The molecule has 3 rings (SSSR count). The Morgan fingerprint density at radius 3 is 2.44 bits per heavy atom. The van der Waals surface area contributed by atoms with Crippen LogP contribution in [0.3, 0.4) is 0 Å². The zero-order valence-electron chi connectivity index (χ0n) is 13.9. The number of carbonyl (C=O) groups is 2. The first-order chi connectivity index (χ1) is 11.8. The van der Waals surface area contributed by atoms with E-state index in [4.69, 9.17) is 16.3 Å². The van der Waals surface area contributed by atoms with Crippen LogP contribution in [0.1, 0.15) is 31.4 Å². The van der Waals surface area contributed by atoms with Gasteiger partial charge < -0.3 is 4.74 Å². The van der Waals surface area contributed by atoms with Gasteiger partial charge in [0.05, 0.1) is 0 Å². The van der Waals surface area contributed by atoms with Gasteiger partial charge in [-0.25, -0.2) is 24.3 Å². The molecule has 0 saturated carbocycles. The summed E-state index contributed by atoms with van der Waals surface area (Å²) in [6.45, 7) is 5.17. The minimum Gasteiger partial charge on any atom is -0.443 e. The van der Waals surface area contributed by atoms with E-state index in [1.807, 2.05) is 30.3 Å². The van der Waals surface area contributed by atoms with Crippen molar-refractivity contribution in [3.8, 4) is 11.4 Å². The summed E-state index contributed by atoms with van der Waals surface area (Å²) in [5.74, 6) is 0.172. The van der Waals surface area contributed by atoms with Crippen molar-refractivity contribution < 1.29 is 14.3 Å². The van der Waals surface area contributed by atoms with Gasteiger partial charge in [-0.1, -0.05) is 41.9 Å². The Morgan fingerprint density at radius 1 is 1.16 bits per heavy atom. The maximum Gasteiger partial charge on any atom is 0.422 e. The molecule has 0 spiro atoms. The molecule has 128 valence electrons. The highest BCUT2D eigenvalue weighted by molar-refractivity contribution is 6.33. The third-order valence-electron chi connectivity index (χ3n) is 3.20. The zero-order chi connectivity index (χ0) is 18.2. The van der Waals surface area contributed by atoms with Crippen molar-refractivity contribution in [3.05, 3.63) is 41.3 Å². The van der Waals surface area contributed by atoms with Crippen molar-refractivity contribution in [3.63, 3.8) is 0 Å². The molecule has 0 N–H and O–H groups in total. The Kier molecular flexibility index (Phi) is 4.26. The molecule has 0 amide bonds. The summed E-state index contributed by atoms with van der Waals surface area (Å²) in [6, 6.07) is 9.15. The SMILES string of the molecule is CC(C)(C)OC(=O)n1c(C=O)nc2c(Cl)nc(-c3ccccc3)nc21. The monoisotopic (exact) mass is 358 g/mol. The quantitative estimate of drug-likeness (QED) is 0.512. The summed E-state index contributed by atoms with van der Waals surface area (Å²) in [5, 5.41) is 0.0502. The molecule has 1 aromatic carbocycles. The molecule has 3 aromatic rings. The number of hydrogen-bond donors (Lipinski definition) is 0. The standard InChI is InChI=1S/C17H15ClN4O3/c1-17(2,3)25-16(24)22-11(9-23)19-12-13(18)20-14(21-15(12)22)10-7-5-4-6-8-10/h4-9H,1-3H3. The van der Waals surface area contributed by atoms with E-state index in [9.17, 15) is 9.59 Å². The molecule has 7 nitrogen and oxygen atoms in total. The third kappa shape index (κ3) is 3.36. The second kappa shape index (κ2) is 6.25. The lowest BCUT2D eigenvalue weighted by Gasteiger charge is -2.19. The van der Waals surface area contributed by atoms with Crippen LogP contribution in [-0.4, -0.2) is 37.5 Å². The van der Waals surface area contributed by atoms with Crippen LogP contribution in [-0.2, 0) is 4.74 Å². The molecule has 0 radical (unpaired) electrons. The fourth-order valence-electron chi connectivity index (χ4n) is 2.22. The van der Waals surface area contributed by atoms with E-state index in [1.54, 1.807) is 20.8 Å². The van der Waals surface area contributed by atoms with Crippen LogP contribution in [0, 0.1) is 0 Å². The van der Waals surface area contributed by atoms with Gasteiger partial charge in [0.1, 0.15) is 11.1 Å². The van der Waals surface area contributed by atoms with Gasteiger partial charge in [-0.2, -0.15) is 0 Å². The zero-order valence-corrected chi connectivity index (χ0v) is 14.6. The van der Waals surface area contributed by atoms with Crippen molar-refractivity contribution >= 4 is 35.1 Å². The number of hydrogen-bond acceptors (Lipinski definition) is 6. The predicted octanol–water partition coefficient (Wildman–Crippen LogP) is 3.74. The number of rotatable bonds is 2. The second-order valence-corrected chi connectivity index (χ2v) is 6.64. The Bertz CT molecular complexity index is 961. The first kappa shape index (κ1) is 17.0. The Morgan fingerprint density at radius 2 is 1.84 bits per heavy atom. The topological polar surface area (TPSA) is 87.0 Å². The molecule has 0 aliphatic heterocycles. The number of fused-ring (bicyclic) bond motifs is 1. The lowest BCUT2D eigenvalue weighted by atomic mass is 10.2. The average molecular weight is 359 g/mol. The summed E-state index contributed by atoms with van der Waals surface area (Å²) in [7, 11) is 0. The number of aromatic nitrogens is 4. The van der Waals surface area contributed by atoms with Gasteiger partial charge in [-0.3, -0.25) is 4.79 Å². The van der Waals surface area contributed by atoms with Crippen molar-refractivity contribution in [2.24, 2.45) is 0 Å². The Labute approximate surface area is 148 Å². The van der Waals surface area contributed by atoms with Crippen molar-refractivity contribution in [2.45, 2.75) is 26.4 Å². The molecule has 0 saturated heterocycles. The van der Waals surface area contributed by atoms with Crippen LogP contribution < -0.4 is 0 Å². The van der Waals surface area contributed by atoms with Gasteiger partial charge in [0.15, 0.2) is 28.7 Å². The highest BCUT2D eigenvalue weighted by Gasteiger charge is 2.25. The highest BCUT2D eigenvalue weighted by atomic mass is 35.5. The number of aldehydes is 1. The fourth-order valence-corrected chi connectivity index (χ4v) is 2.43. The van der Waals surface area contributed by atoms with Crippen LogP contribution in [0.25, 0.3) is 22.6 Å². The van der Waals surface area contributed by atoms with Gasteiger partial charge in [0.25, 0.3) is 0 Å². The normalized spacial score (nSPS) is 11.5. The number of carbonyl (C=O) groups excluding carboxylic acids is 2. The van der Waals surface area contributed by atoms with Crippen LogP contribution in [0.5, 0.6) is 0 Å². The van der Waals surface area contributed by atoms with Crippen molar-refractivity contribution in [2.75, 3.05) is 0 Å². The summed E-state index contributed by atoms with van der Waals surface area (Å²) < 4.78 is 6.35. The van der Waals surface area contributed by atoms with E-state index < -0.39 is 11.7 Å². The maximum atomic E-state index is 12.5. The van der Waals surface area contributed by atoms with E-state index in [0.717, 1.165) is 10.1 Å². The molecule has 25 heavy (non-hydrogen) atoms. The summed E-state index contributed by atoms with van der Waals surface area (Å²) in [5.41, 5.74) is 0.257. The Balaban J connectivity index is 2.23. The van der Waals surface area contributed by atoms with Crippen LogP contribution in [0.4, 0.5) is 4.79 Å². The highest BCUT2D eigenvalue weighted by Crippen LogP contribution is 2.25. The molecule has 2 aromatic heterocycles. The van der Waals surface area contributed by atoms with Gasteiger partial charge >= 0.3 is 6.09 Å². The van der Waals surface area contributed by atoms with Gasteiger partial charge in [0.2, 0.25) is 0 Å². The van der Waals surface area contributed by atoms with E-state index in [1.165, 1.54) is 0 Å². The molecule has 0 unspecified atom stereocenters. The number of halogens is 1. The smallest absolute Gasteiger partial charge is 0.422 e. The third-order valence-corrected chi connectivity index (χ3v) is 3.47. The lowest BCUT2D eigenvalue weighted by molar-refractivity contribution is 0.0536. The van der Waals surface area contributed by atoms with E-state index in [0.29, 0.717) is 12.1 Å². The molecule has 0 aliphatic carbocycles. The minimum atomic E-state index is -0.758. The van der Waals surface area contributed by atoms with Crippen molar-refractivity contribution in [1.82, 2.24) is 19.5 Å². The summed E-state index contributed by atoms with van der Waals surface area (Å²) in [4.78, 5) is 36.5. The van der Waals surface area contributed by atoms with Crippen molar-refractivity contribution in [1.29, 1.82) is 0 Å². The summed E-state index contributed by atoms with van der Waals surface area (Å²) in [6.07, 6.45) is -0.310. The first-order valence-electron chi connectivity index (χ1n) is 7.50. The van der Waals surface area contributed by atoms with Crippen LogP contribution >= 0.6 is 11.6 Å². The van der Waals surface area contributed by atoms with E-state index in [-0.39, 0.29) is 22.1 Å². The summed E-state index contributed by atoms with van der Waals surface area (Å²) >= 11 is 6.20. The largest absolute Gasteiger partial charge is 0.443 e. The fraction of sp³-hybridized carbons (Fsp3) is 0.235. The Hall–Kier alpha value is -2.80. The minimum absolute atomic E-state index is 0.0502. The molecule has 0 atom stereocenters.